The van der Waals surface area contributed by atoms with Gasteiger partial charge in [-0.15, -0.1) is 0 Å². The molecule has 1 aliphatic rings. The first-order valence-electron chi connectivity index (χ1n) is 7.78. The highest BCUT2D eigenvalue weighted by molar-refractivity contribution is 4.75. The number of hydrogen-bond donors (Lipinski definition) is 2. The average Bonchev–Trinajstić information content (AvgIpc) is 2.80. The Kier molecular flexibility index (Phi) is 8.64. The Hall–Kier alpha value is -0.120. The van der Waals surface area contributed by atoms with Crippen LogP contribution in [0.2, 0.25) is 0 Å². The zero-order chi connectivity index (χ0) is 13.2. The van der Waals surface area contributed by atoms with E-state index in [-0.39, 0.29) is 0 Å². The van der Waals surface area contributed by atoms with Crippen molar-refractivity contribution in [3.63, 3.8) is 0 Å². The van der Waals surface area contributed by atoms with E-state index >= 15 is 0 Å². The minimum absolute atomic E-state index is 0.313. The molecule has 0 spiro atoms. The maximum absolute atomic E-state index is 5.79. The second-order valence-corrected chi connectivity index (χ2v) is 5.99. The van der Waals surface area contributed by atoms with Gasteiger partial charge < -0.3 is 15.8 Å². The molecule has 0 aromatic heterocycles. The molecule has 0 aliphatic carbocycles. The third kappa shape index (κ3) is 7.34. The average molecular weight is 256 g/mol. The summed E-state index contributed by atoms with van der Waals surface area (Å²) < 4.78 is 5.79. The summed E-state index contributed by atoms with van der Waals surface area (Å²) in [5.74, 6) is 0.859. The van der Waals surface area contributed by atoms with E-state index in [0.717, 1.165) is 25.4 Å². The molecule has 108 valence electrons. The lowest BCUT2D eigenvalue weighted by molar-refractivity contribution is 0.0506. The largest absolute Gasteiger partial charge is 0.372 e. The molecule has 3 heteroatoms. The van der Waals surface area contributed by atoms with Gasteiger partial charge >= 0.3 is 0 Å². The van der Waals surface area contributed by atoms with Gasteiger partial charge in [-0.05, 0) is 31.7 Å². The highest BCUT2D eigenvalue weighted by Gasteiger charge is 2.23. The van der Waals surface area contributed by atoms with Gasteiger partial charge in [-0.1, -0.05) is 39.5 Å². The van der Waals surface area contributed by atoms with E-state index in [1.165, 1.54) is 38.5 Å². The van der Waals surface area contributed by atoms with Gasteiger partial charge in [0.15, 0.2) is 0 Å². The van der Waals surface area contributed by atoms with Crippen LogP contribution in [-0.2, 0) is 4.74 Å². The van der Waals surface area contributed by atoms with Crippen molar-refractivity contribution in [3.8, 4) is 0 Å². The number of unbranched alkanes of at least 4 members (excludes halogenated alkanes) is 3. The lowest BCUT2D eigenvalue weighted by Gasteiger charge is -2.13. The summed E-state index contributed by atoms with van der Waals surface area (Å²) in [5, 5.41) is 3.51. The molecule has 3 nitrogen and oxygen atoms in total. The van der Waals surface area contributed by atoms with E-state index in [1.54, 1.807) is 0 Å². The predicted octanol–water partition coefficient (Wildman–Crippen LogP) is 2.69. The van der Waals surface area contributed by atoms with Gasteiger partial charge in [0, 0.05) is 13.1 Å². The summed E-state index contributed by atoms with van der Waals surface area (Å²) in [4.78, 5) is 0. The molecule has 2 unspecified atom stereocenters. The van der Waals surface area contributed by atoms with Gasteiger partial charge in [0.2, 0.25) is 0 Å². The third-order valence-electron chi connectivity index (χ3n) is 3.72. The summed E-state index contributed by atoms with van der Waals surface area (Å²) in [6, 6.07) is 0. The molecule has 0 saturated carbocycles. The molecule has 0 aromatic carbocycles. The van der Waals surface area contributed by atoms with Crippen LogP contribution >= 0.6 is 0 Å². The molecule has 1 aliphatic heterocycles. The first kappa shape index (κ1) is 15.9. The minimum atomic E-state index is 0.313. The van der Waals surface area contributed by atoms with Crippen molar-refractivity contribution in [2.24, 2.45) is 11.7 Å². The first-order chi connectivity index (χ1) is 8.72. The quantitative estimate of drug-likeness (QED) is 0.591. The third-order valence-corrected chi connectivity index (χ3v) is 3.72. The van der Waals surface area contributed by atoms with Crippen molar-refractivity contribution < 1.29 is 4.74 Å². The first-order valence-corrected chi connectivity index (χ1v) is 7.78. The molecule has 0 radical (unpaired) electrons. The summed E-state index contributed by atoms with van der Waals surface area (Å²) in [5.41, 5.74) is 5.59. The number of nitrogens with two attached hydrogens (primary N) is 1. The van der Waals surface area contributed by atoms with Crippen LogP contribution in [0.25, 0.3) is 0 Å². The van der Waals surface area contributed by atoms with Gasteiger partial charge in [-0.2, -0.15) is 0 Å². The molecule has 1 rings (SSSR count). The molecular formula is C15H32N2O. The van der Waals surface area contributed by atoms with Gasteiger partial charge in [-0.25, -0.2) is 0 Å². The van der Waals surface area contributed by atoms with Crippen LogP contribution in [0.4, 0.5) is 0 Å². The van der Waals surface area contributed by atoms with Gasteiger partial charge in [0.1, 0.15) is 0 Å². The summed E-state index contributed by atoms with van der Waals surface area (Å²) in [6.07, 6.45) is 9.83. The second kappa shape index (κ2) is 9.76. The summed E-state index contributed by atoms with van der Waals surface area (Å²) in [7, 11) is 0. The Morgan fingerprint density at radius 3 is 2.50 bits per heavy atom. The Morgan fingerprint density at radius 1 is 1.11 bits per heavy atom. The Bertz CT molecular complexity index is 197. The topological polar surface area (TPSA) is 47.3 Å². The second-order valence-electron chi connectivity index (χ2n) is 5.99. The van der Waals surface area contributed by atoms with Crippen LogP contribution in [0.3, 0.4) is 0 Å². The highest BCUT2D eigenvalue weighted by Crippen LogP contribution is 2.18. The van der Waals surface area contributed by atoms with Crippen LogP contribution in [0.1, 0.15) is 58.8 Å². The Morgan fingerprint density at radius 2 is 1.83 bits per heavy atom. The molecule has 0 aromatic rings. The van der Waals surface area contributed by atoms with E-state index < -0.39 is 0 Å². The smallest absolute Gasteiger partial charge is 0.0704 e. The lowest BCUT2D eigenvalue weighted by atomic mass is 10.0. The molecule has 3 N–H and O–H groups in total. The van der Waals surface area contributed by atoms with E-state index in [1.807, 2.05) is 0 Å². The van der Waals surface area contributed by atoms with Gasteiger partial charge in [0.05, 0.1) is 12.2 Å². The molecule has 18 heavy (non-hydrogen) atoms. The van der Waals surface area contributed by atoms with Gasteiger partial charge in [-0.3, -0.25) is 0 Å². The summed E-state index contributed by atoms with van der Waals surface area (Å²) >= 11 is 0. The monoisotopic (exact) mass is 256 g/mol. The summed E-state index contributed by atoms with van der Waals surface area (Å²) in [6.45, 7) is 7.42. The fraction of sp³-hybridized carbons (Fsp3) is 1.00. The zero-order valence-electron chi connectivity index (χ0n) is 12.3. The van der Waals surface area contributed by atoms with Crippen LogP contribution in [-0.4, -0.2) is 31.8 Å². The van der Waals surface area contributed by atoms with Crippen molar-refractivity contribution in [1.29, 1.82) is 0 Å². The van der Waals surface area contributed by atoms with E-state index in [2.05, 4.69) is 19.2 Å². The number of rotatable bonds is 10. The van der Waals surface area contributed by atoms with Crippen LogP contribution < -0.4 is 11.1 Å². The Balaban J connectivity index is 1.82. The van der Waals surface area contributed by atoms with E-state index in [9.17, 15) is 0 Å². The van der Waals surface area contributed by atoms with E-state index in [4.69, 9.17) is 10.5 Å². The van der Waals surface area contributed by atoms with Crippen molar-refractivity contribution in [2.45, 2.75) is 71.0 Å². The molecule has 0 amide bonds. The van der Waals surface area contributed by atoms with Crippen LogP contribution in [0.5, 0.6) is 0 Å². The standard InChI is InChI=1S/C15H32N2O/c1-13(2)7-5-3-4-6-10-17-12-15-9-8-14(11-16)18-15/h13-15,17H,3-12,16H2,1-2H3. The molecule has 2 atom stereocenters. The zero-order valence-corrected chi connectivity index (χ0v) is 12.3. The molecule has 1 fully saturated rings. The fourth-order valence-electron chi connectivity index (χ4n) is 2.52. The minimum Gasteiger partial charge on any atom is -0.372 e. The van der Waals surface area contributed by atoms with Crippen molar-refractivity contribution >= 4 is 0 Å². The fourth-order valence-corrected chi connectivity index (χ4v) is 2.52. The SMILES string of the molecule is CC(C)CCCCCCNCC1CCC(CN)O1. The lowest BCUT2D eigenvalue weighted by Crippen LogP contribution is -2.29. The molecule has 1 saturated heterocycles. The molecule has 0 bridgehead atoms. The van der Waals surface area contributed by atoms with Crippen molar-refractivity contribution in [2.75, 3.05) is 19.6 Å². The molecule has 1 heterocycles. The van der Waals surface area contributed by atoms with Crippen LogP contribution in [0.15, 0.2) is 0 Å². The predicted molar refractivity (Wildman–Crippen MR) is 77.7 cm³/mol. The molecular weight excluding hydrogens is 224 g/mol. The maximum Gasteiger partial charge on any atom is 0.0704 e. The number of hydrogen-bond acceptors (Lipinski definition) is 3. The van der Waals surface area contributed by atoms with Gasteiger partial charge in [0.25, 0.3) is 0 Å². The maximum atomic E-state index is 5.79. The number of nitrogens with one attached hydrogen (secondary N) is 1. The van der Waals surface area contributed by atoms with Crippen molar-refractivity contribution in [3.05, 3.63) is 0 Å². The Labute approximate surface area is 113 Å². The van der Waals surface area contributed by atoms with E-state index in [0.29, 0.717) is 18.8 Å². The normalized spacial score (nSPS) is 24.0. The number of ether oxygens (including phenoxy) is 1. The van der Waals surface area contributed by atoms with Crippen LogP contribution in [0, 0.1) is 5.92 Å². The highest BCUT2D eigenvalue weighted by atomic mass is 16.5. The van der Waals surface area contributed by atoms with Crippen molar-refractivity contribution in [1.82, 2.24) is 5.32 Å².